The van der Waals surface area contributed by atoms with Crippen LogP contribution in [0.2, 0.25) is 0 Å². The molecule has 6 nitrogen and oxygen atoms in total. The molecule has 0 spiro atoms. The Hall–Kier alpha value is -3.41. The van der Waals surface area contributed by atoms with Gasteiger partial charge in [-0.2, -0.15) is 5.10 Å². The van der Waals surface area contributed by atoms with Gasteiger partial charge in [0.1, 0.15) is 0 Å². The second kappa shape index (κ2) is 7.54. The van der Waals surface area contributed by atoms with Gasteiger partial charge in [0.15, 0.2) is 5.69 Å². The SMILES string of the molecule is Cc1cc(C)cc(-n2nc(C(=O)Nc3ccc4c(c3)CCCC(=O)N4)cc2C)c1. The number of benzene rings is 2. The maximum absolute atomic E-state index is 12.8. The van der Waals surface area contributed by atoms with Crippen molar-refractivity contribution in [2.24, 2.45) is 0 Å². The van der Waals surface area contributed by atoms with Gasteiger partial charge in [0.2, 0.25) is 5.91 Å². The van der Waals surface area contributed by atoms with E-state index in [1.165, 1.54) is 0 Å². The summed E-state index contributed by atoms with van der Waals surface area (Å²) in [5, 5.41) is 10.4. The highest BCUT2D eigenvalue weighted by atomic mass is 16.2. The molecule has 0 aliphatic carbocycles. The van der Waals surface area contributed by atoms with Gasteiger partial charge in [-0.05, 0) is 86.7 Å². The van der Waals surface area contributed by atoms with Gasteiger partial charge in [0, 0.05) is 23.5 Å². The summed E-state index contributed by atoms with van der Waals surface area (Å²) >= 11 is 0. The Kier molecular flexibility index (Phi) is 4.92. The Morgan fingerprint density at radius 2 is 1.79 bits per heavy atom. The average Bonchev–Trinajstić information content (AvgIpc) is 2.94. The number of aromatic nitrogens is 2. The number of nitrogens with zero attached hydrogens (tertiary/aromatic N) is 2. The van der Waals surface area contributed by atoms with Crippen molar-refractivity contribution >= 4 is 23.2 Å². The van der Waals surface area contributed by atoms with Gasteiger partial charge >= 0.3 is 0 Å². The van der Waals surface area contributed by atoms with Crippen LogP contribution in [0, 0.1) is 20.8 Å². The zero-order chi connectivity index (χ0) is 20.5. The quantitative estimate of drug-likeness (QED) is 0.701. The molecular weight excluding hydrogens is 364 g/mol. The smallest absolute Gasteiger partial charge is 0.276 e. The molecule has 0 bridgehead atoms. The van der Waals surface area contributed by atoms with Crippen molar-refractivity contribution in [3.8, 4) is 5.69 Å². The van der Waals surface area contributed by atoms with Crippen molar-refractivity contribution in [3.63, 3.8) is 0 Å². The Bertz CT molecular complexity index is 1090. The molecule has 29 heavy (non-hydrogen) atoms. The molecule has 0 radical (unpaired) electrons. The number of carbonyl (C=O) groups excluding carboxylic acids is 2. The van der Waals surface area contributed by atoms with E-state index in [1.807, 2.05) is 32.9 Å². The van der Waals surface area contributed by atoms with Crippen LogP contribution in [0.4, 0.5) is 11.4 Å². The summed E-state index contributed by atoms with van der Waals surface area (Å²) in [5.41, 5.74) is 7.06. The molecule has 2 N–H and O–H groups in total. The second-order valence-corrected chi connectivity index (χ2v) is 7.66. The van der Waals surface area contributed by atoms with E-state index in [2.05, 4.69) is 33.9 Å². The highest BCUT2D eigenvalue weighted by Crippen LogP contribution is 2.26. The summed E-state index contributed by atoms with van der Waals surface area (Å²) in [4.78, 5) is 24.5. The summed E-state index contributed by atoms with van der Waals surface area (Å²) in [6.45, 7) is 6.03. The molecule has 2 heterocycles. The van der Waals surface area contributed by atoms with Crippen LogP contribution in [0.1, 0.15) is 45.7 Å². The van der Waals surface area contributed by atoms with Crippen molar-refractivity contribution in [1.82, 2.24) is 9.78 Å². The van der Waals surface area contributed by atoms with Crippen molar-refractivity contribution in [2.75, 3.05) is 10.6 Å². The number of amides is 2. The minimum atomic E-state index is -0.256. The lowest BCUT2D eigenvalue weighted by Crippen LogP contribution is -2.14. The van der Waals surface area contributed by atoms with E-state index in [0.29, 0.717) is 17.8 Å². The minimum Gasteiger partial charge on any atom is -0.326 e. The van der Waals surface area contributed by atoms with Crippen molar-refractivity contribution in [1.29, 1.82) is 0 Å². The predicted molar refractivity (Wildman–Crippen MR) is 114 cm³/mol. The van der Waals surface area contributed by atoms with Crippen LogP contribution in [-0.4, -0.2) is 21.6 Å². The second-order valence-electron chi connectivity index (χ2n) is 7.66. The molecule has 2 aromatic carbocycles. The fourth-order valence-corrected chi connectivity index (χ4v) is 3.77. The van der Waals surface area contributed by atoms with Crippen LogP contribution in [-0.2, 0) is 11.2 Å². The van der Waals surface area contributed by atoms with Crippen LogP contribution >= 0.6 is 0 Å². The van der Waals surface area contributed by atoms with E-state index in [1.54, 1.807) is 16.8 Å². The van der Waals surface area contributed by atoms with Crippen LogP contribution in [0.5, 0.6) is 0 Å². The summed E-state index contributed by atoms with van der Waals surface area (Å²) in [7, 11) is 0. The molecule has 1 aliphatic rings. The molecule has 1 aromatic heterocycles. The van der Waals surface area contributed by atoms with Crippen LogP contribution < -0.4 is 10.6 Å². The average molecular weight is 388 g/mol. The molecule has 0 saturated carbocycles. The molecule has 2 amide bonds. The molecule has 0 unspecified atom stereocenters. The summed E-state index contributed by atoms with van der Waals surface area (Å²) < 4.78 is 1.79. The van der Waals surface area contributed by atoms with Gasteiger partial charge in [-0.15, -0.1) is 0 Å². The highest BCUT2D eigenvalue weighted by molar-refractivity contribution is 6.03. The number of aryl methyl sites for hydroxylation is 4. The molecule has 148 valence electrons. The summed E-state index contributed by atoms with van der Waals surface area (Å²) in [6, 6.07) is 13.6. The molecule has 0 saturated heterocycles. The first-order valence-corrected chi connectivity index (χ1v) is 9.78. The maximum atomic E-state index is 12.8. The van der Waals surface area contributed by atoms with Crippen molar-refractivity contribution in [2.45, 2.75) is 40.0 Å². The largest absolute Gasteiger partial charge is 0.326 e. The number of hydrogen-bond acceptors (Lipinski definition) is 3. The Morgan fingerprint density at radius 3 is 2.55 bits per heavy atom. The summed E-state index contributed by atoms with van der Waals surface area (Å²) in [6.07, 6.45) is 2.12. The third kappa shape index (κ3) is 4.06. The fraction of sp³-hybridized carbons (Fsp3) is 0.261. The Morgan fingerprint density at radius 1 is 1.03 bits per heavy atom. The van der Waals surface area contributed by atoms with Gasteiger partial charge in [-0.1, -0.05) is 6.07 Å². The van der Waals surface area contributed by atoms with Gasteiger partial charge in [-0.3, -0.25) is 9.59 Å². The molecule has 1 aliphatic heterocycles. The minimum absolute atomic E-state index is 0.0351. The fourth-order valence-electron chi connectivity index (χ4n) is 3.77. The molecule has 3 aromatic rings. The van der Waals surface area contributed by atoms with Crippen molar-refractivity contribution in [3.05, 3.63) is 70.5 Å². The Labute approximate surface area is 169 Å². The topological polar surface area (TPSA) is 76.0 Å². The highest BCUT2D eigenvalue weighted by Gasteiger charge is 2.16. The summed E-state index contributed by atoms with van der Waals surface area (Å²) in [5.74, 6) is -0.221. The van der Waals surface area contributed by atoms with Gasteiger partial charge in [0.05, 0.1) is 5.69 Å². The third-order valence-corrected chi connectivity index (χ3v) is 5.06. The van der Waals surface area contributed by atoms with Crippen LogP contribution in [0.3, 0.4) is 0 Å². The number of fused-ring (bicyclic) bond motifs is 1. The number of nitrogens with one attached hydrogen (secondary N) is 2. The third-order valence-electron chi connectivity index (χ3n) is 5.06. The first kappa shape index (κ1) is 18.9. The van der Waals surface area contributed by atoms with Gasteiger partial charge in [0.25, 0.3) is 5.91 Å². The first-order valence-electron chi connectivity index (χ1n) is 9.78. The van der Waals surface area contributed by atoms with E-state index < -0.39 is 0 Å². The number of hydrogen-bond donors (Lipinski definition) is 2. The molecular formula is C23H24N4O2. The Balaban J connectivity index is 1.57. The number of carbonyl (C=O) groups is 2. The zero-order valence-corrected chi connectivity index (χ0v) is 16.9. The molecule has 6 heteroatoms. The van der Waals surface area contributed by atoms with E-state index in [4.69, 9.17) is 0 Å². The lowest BCUT2D eigenvalue weighted by atomic mass is 10.1. The van der Waals surface area contributed by atoms with Crippen LogP contribution in [0.25, 0.3) is 5.69 Å². The van der Waals surface area contributed by atoms with Gasteiger partial charge in [-0.25, -0.2) is 4.68 Å². The lowest BCUT2D eigenvalue weighted by molar-refractivity contribution is -0.116. The number of rotatable bonds is 3. The molecule has 0 fully saturated rings. The van der Waals surface area contributed by atoms with Crippen LogP contribution in [0.15, 0.2) is 42.5 Å². The number of anilines is 2. The molecule has 0 atom stereocenters. The zero-order valence-electron chi connectivity index (χ0n) is 16.9. The lowest BCUT2D eigenvalue weighted by Gasteiger charge is -2.10. The first-order chi connectivity index (χ1) is 13.9. The van der Waals surface area contributed by atoms with Gasteiger partial charge < -0.3 is 10.6 Å². The maximum Gasteiger partial charge on any atom is 0.276 e. The van der Waals surface area contributed by atoms with Crippen molar-refractivity contribution < 1.29 is 9.59 Å². The molecule has 4 rings (SSSR count). The van der Waals surface area contributed by atoms with E-state index >= 15 is 0 Å². The monoisotopic (exact) mass is 388 g/mol. The predicted octanol–water partition coefficient (Wildman–Crippen LogP) is 4.32. The van der Waals surface area contributed by atoms with E-state index in [9.17, 15) is 9.59 Å². The van der Waals surface area contributed by atoms with E-state index in [-0.39, 0.29) is 11.8 Å². The standard InChI is InChI=1S/C23H24N4O2/c1-14-9-15(2)11-19(10-14)27-16(3)12-21(26-27)23(29)24-18-7-8-20-17(13-18)5-4-6-22(28)25-20/h7-13H,4-6H2,1-3H3,(H,24,29)(H,25,28). The van der Waals surface area contributed by atoms with E-state index in [0.717, 1.165) is 46.6 Å². The normalized spacial score (nSPS) is 13.4.